The molecule has 0 radical (unpaired) electrons. The fourth-order valence-electron chi connectivity index (χ4n) is 2.31. The molecule has 1 heterocycles. The number of benzene rings is 2. The Morgan fingerprint density at radius 1 is 1.14 bits per heavy atom. The molecule has 3 rings (SSSR count). The molecule has 1 N–H and O–H groups in total. The zero-order chi connectivity index (χ0) is 20.1. The lowest BCUT2D eigenvalue weighted by molar-refractivity contribution is 0.0954. The van der Waals surface area contributed by atoms with Crippen molar-refractivity contribution in [3.8, 4) is 16.3 Å². The maximum atomic E-state index is 14.5. The third-order valence-electron chi connectivity index (χ3n) is 3.70. The summed E-state index contributed by atoms with van der Waals surface area (Å²) in [4.78, 5) is 16.0. The molecule has 8 heteroatoms. The van der Waals surface area contributed by atoms with Crippen LogP contribution in [-0.2, 0) is 6.61 Å². The van der Waals surface area contributed by atoms with Crippen LogP contribution < -0.4 is 10.1 Å². The zero-order valence-corrected chi connectivity index (χ0v) is 15.4. The van der Waals surface area contributed by atoms with E-state index >= 15 is 0 Å². The highest BCUT2D eigenvalue weighted by Gasteiger charge is 2.14. The van der Waals surface area contributed by atoms with E-state index in [1.807, 2.05) is 0 Å². The van der Waals surface area contributed by atoms with Crippen molar-refractivity contribution in [3.63, 3.8) is 0 Å². The lowest BCUT2D eigenvalue weighted by Gasteiger charge is -2.08. The van der Waals surface area contributed by atoms with E-state index in [9.17, 15) is 18.0 Å². The molecule has 1 amide bonds. The third-order valence-corrected chi connectivity index (χ3v) is 4.58. The third kappa shape index (κ3) is 4.58. The number of rotatable bonds is 7. The maximum Gasteiger partial charge on any atom is 0.271 e. The lowest BCUT2D eigenvalue weighted by atomic mass is 10.2. The van der Waals surface area contributed by atoms with E-state index in [1.54, 1.807) is 11.5 Å². The quantitative estimate of drug-likeness (QED) is 0.580. The van der Waals surface area contributed by atoms with Crippen LogP contribution in [0.5, 0.6) is 5.75 Å². The van der Waals surface area contributed by atoms with Crippen molar-refractivity contribution in [1.29, 1.82) is 0 Å². The zero-order valence-electron chi connectivity index (χ0n) is 14.5. The van der Waals surface area contributed by atoms with Crippen LogP contribution in [0.1, 0.15) is 16.1 Å². The summed E-state index contributed by atoms with van der Waals surface area (Å²) >= 11 is 1.14. The first-order chi connectivity index (χ1) is 13.5. The predicted molar refractivity (Wildman–Crippen MR) is 101 cm³/mol. The summed E-state index contributed by atoms with van der Waals surface area (Å²) in [6.45, 7) is 3.78. The molecule has 0 spiro atoms. The van der Waals surface area contributed by atoms with Crippen molar-refractivity contribution in [2.45, 2.75) is 6.61 Å². The maximum absolute atomic E-state index is 14.5. The Morgan fingerprint density at radius 3 is 2.68 bits per heavy atom. The minimum Gasteiger partial charge on any atom is -0.489 e. The fraction of sp³-hybridized carbons (Fsp3) is 0.100. The highest BCUT2D eigenvalue weighted by molar-refractivity contribution is 7.13. The minimum atomic E-state index is -0.973. The largest absolute Gasteiger partial charge is 0.489 e. The van der Waals surface area contributed by atoms with Gasteiger partial charge in [0.25, 0.3) is 5.91 Å². The molecule has 4 nitrogen and oxygen atoms in total. The molecule has 2 aromatic carbocycles. The summed E-state index contributed by atoms with van der Waals surface area (Å²) in [5.74, 6) is -2.63. The molecular weight excluding hydrogens is 389 g/mol. The van der Waals surface area contributed by atoms with Crippen LogP contribution in [-0.4, -0.2) is 17.4 Å². The molecule has 0 fully saturated rings. The van der Waals surface area contributed by atoms with Crippen LogP contribution in [0.15, 0.2) is 54.4 Å². The fourth-order valence-corrected chi connectivity index (χ4v) is 3.14. The first-order valence-electron chi connectivity index (χ1n) is 8.19. The number of halogens is 3. The Balaban J connectivity index is 1.70. The van der Waals surface area contributed by atoms with Gasteiger partial charge in [0.05, 0.1) is 0 Å². The van der Waals surface area contributed by atoms with Crippen molar-refractivity contribution < 1.29 is 22.7 Å². The van der Waals surface area contributed by atoms with Crippen LogP contribution in [0, 0.1) is 17.5 Å². The van der Waals surface area contributed by atoms with Gasteiger partial charge in [0, 0.05) is 23.6 Å². The van der Waals surface area contributed by atoms with Crippen LogP contribution in [0.2, 0.25) is 0 Å². The summed E-state index contributed by atoms with van der Waals surface area (Å²) in [6, 6.07) is 7.61. The molecule has 0 aliphatic heterocycles. The predicted octanol–water partition coefficient (Wildman–Crippen LogP) is 4.72. The van der Waals surface area contributed by atoms with E-state index in [4.69, 9.17) is 4.74 Å². The van der Waals surface area contributed by atoms with Crippen molar-refractivity contribution >= 4 is 17.2 Å². The summed E-state index contributed by atoms with van der Waals surface area (Å²) in [7, 11) is 0. The van der Waals surface area contributed by atoms with Gasteiger partial charge in [0.1, 0.15) is 28.9 Å². The van der Waals surface area contributed by atoms with Crippen LogP contribution in [0.3, 0.4) is 0 Å². The number of hydrogen-bond donors (Lipinski definition) is 1. The molecule has 0 bridgehead atoms. The average molecular weight is 404 g/mol. The number of carbonyl (C=O) groups excluding carboxylic acids is 1. The Morgan fingerprint density at radius 2 is 1.96 bits per heavy atom. The van der Waals surface area contributed by atoms with Gasteiger partial charge in [0.2, 0.25) is 0 Å². The summed E-state index contributed by atoms with van der Waals surface area (Å²) in [5, 5.41) is 4.50. The van der Waals surface area contributed by atoms with E-state index in [1.165, 1.54) is 24.3 Å². The van der Waals surface area contributed by atoms with E-state index in [0.717, 1.165) is 23.5 Å². The number of amides is 1. The molecule has 0 atom stereocenters. The van der Waals surface area contributed by atoms with Gasteiger partial charge in [-0.2, -0.15) is 0 Å². The Labute approximate surface area is 163 Å². The smallest absolute Gasteiger partial charge is 0.271 e. The Kier molecular flexibility index (Phi) is 6.10. The molecular formula is C20H15F3N2O2S. The van der Waals surface area contributed by atoms with Crippen LogP contribution in [0.4, 0.5) is 13.2 Å². The van der Waals surface area contributed by atoms with Gasteiger partial charge in [-0.1, -0.05) is 12.1 Å². The van der Waals surface area contributed by atoms with E-state index in [2.05, 4.69) is 16.9 Å². The number of nitrogens with one attached hydrogen (secondary N) is 1. The standard InChI is InChI=1S/C20H15F3N2O2S/c1-2-7-24-19(26)18-11-28-20(25-18)14-5-4-13(9-16(14)22)27-10-12-3-6-15(21)17(23)8-12/h2-6,8-9,11H,1,7,10H2,(H,24,26). The number of aromatic nitrogens is 1. The lowest BCUT2D eigenvalue weighted by Crippen LogP contribution is -2.23. The molecule has 0 aliphatic rings. The van der Waals surface area contributed by atoms with Crippen LogP contribution in [0.25, 0.3) is 10.6 Å². The van der Waals surface area contributed by atoms with Crippen molar-refractivity contribution in [2.24, 2.45) is 0 Å². The van der Waals surface area contributed by atoms with Gasteiger partial charge in [-0.3, -0.25) is 4.79 Å². The van der Waals surface area contributed by atoms with E-state index in [0.29, 0.717) is 17.1 Å². The summed E-state index contributed by atoms with van der Waals surface area (Å²) in [6.07, 6.45) is 1.55. The number of hydrogen-bond acceptors (Lipinski definition) is 4. The van der Waals surface area contributed by atoms with Crippen LogP contribution >= 0.6 is 11.3 Å². The second kappa shape index (κ2) is 8.71. The molecule has 144 valence electrons. The first-order valence-corrected chi connectivity index (χ1v) is 9.07. The Hall–Kier alpha value is -3.13. The SMILES string of the molecule is C=CCNC(=O)c1csc(-c2ccc(OCc3ccc(F)c(F)c3)cc2F)n1. The average Bonchev–Trinajstić information content (AvgIpc) is 3.17. The first kappa shape index (κ1) is 19.6. The normalized spacial score (nSPS) is 10.5. The highest BCUT2D eigenvalue weighted by Crippen LogP contribution is 2.29. The van der Waals surface area contributed by atoms with Gasteiger partial charge in [0.15, 0.2) is 11.6 Å². The molecule has 0 unspecified atom stereocenters. The molecule has 0 aliphatic carbocycles. The van der Waals surface area contributed by atoms with Crippen molar-refractivity contribution in [1.82, 2.24) is 10.3 Å². The minimum absolute atomic E-state index is 0.0408. The molecule has 1 aromatic heterocycles. The second-order valence-electron chi connectivity index (χ2n) is 5.72. The van der Waals surface area contributed by atoms with Gasteiger partial charge in [-0.15, -0.1) is 17.9 Å². The molecule has 0 saturated carbocycles. The number of thiazole rings is 1. The van der Waals surface area contributed by atoms with Gasteiger partial charge >= 0.3 is 0 Å². The van der Waals surface area contributed by atoms with Crippen molar-refractivity contribution in [2.75, 3.05) is 6.54 Å². The van der Waals surface area contributed by atoms with Gasteiger partial charge < -0.3 is 10.1 Å². The van der Waals surface area contributed by atoms with Gasteiger partial charge in [-0.05, 0) is 29.8 Å². The summed E-state index contributed by atoms with van der Waals surface area (Å²) < 4.78 is 46.0. The number of nitrogens with zero attached hydrogens (tertiary/aromatic N) is 1. The molecule has 28 heavy (non-hydrogen) atoms. The highest BCUT2D eigenvalue weighted by atomic mass is 32.1. The summed E-state index contributed by atoms with van der Waals surface area (Å²) in [5.41, 5.74) is 0.839. The van der Waals surface area contributed by atoms with E-state index in [-0.39, 0.29) is 29.5 Å². The number of ether oxygens (including phenoxy) is 1. The number of carbonyl (C=O) groups is 1. The van der Waals surface area contributed by atoms with Crippen molar-refractivity contribution in [3.05, 3.63) is 83.1 Å². The second-order valence-corrected chi connectivity index (χ2v) is 6.57. The topological polar surface area (TPSA) is 51.2 Å². The van der Waals surface area contributed by atoms with Gasteiger partial charge in [-0.25, -0.2) is 18.2 Å². The molecule has 3 aromatic rings. The van der Waals surface area contributed by atoms with E-state index < -0.39 is 17.5 Å². The Bertz CT molecular complexity index is 1020. The monoisotopic (exact) mass is 404 g/mol. The molecule has 0 saturated heterocycles.